The molecule has 3 saturated carbocycles. The average molecular weight is 163 g/mol. The molecular weight excluding hydrogens is 146 g/mol. The zero-order valence-corrected chi connectivity index (χ0v) is 8.01. The lowest BCUT2D eigenvalue weighted by Crippen LogP contribution is -2.52. The van der Waals surface area contributed by atoms with Crippen molar-refractivity contribution in [1.82, 2.24) is 0 Å². The van der Waals surface area contributed by atoms with E-state index in [4.69, 9.17) is 5.26 Å². The Morgan fingerprint density at radius 1 is 1.42 bits per heavy atom. The summed E-state index contributed by atoms with van der Waals surface area (Å²) < 4.78 is 0. The largest absolute Gasteiger partial charge is 0.198 e. The fourth-order valence-electron chi connectivity index (χ4n) is 3.32. The third kappa shape index (κ3) is 0.905. The van der Waals surface area contributed by atoms with Crippen molar-refractivity contribution >= 4 is 0 Å². The lowest BCUT2D eigenvalue weighted by molar-refractivity contribution is -0.103. The topological polar surface area (TPSA) is 23.8 Å². The van der Waals surface area contributed by atoms with Crippen LogP contribution in [0.25, 0.3) is 0 Å². The van der Waals surface area contributed by atoms with Gasteiger partial charge >= 0.3 is 0 Å². The van der Waals surface area contributed by atoms with E-state index in [1.807, 2.05) is 0 Å². The van der Waals surface area contributed by atoms with E-state index in [0.717, 1.165) is 24.2 Å². The van der Waals surface area contributed by atoms with E-state index in [2.05, 4.69) is 19.9 Å². The van der Waals surface area contributed by atoms with Crippen molar-refractivity contribution in [2.24, 2.45) is 23.2 Å². The minimum Gasteiger partial charge on any atom is -0.198 e. The number of nitriles is 1. The number of nitrogens with zero attached hydrogens (tertiary/aromatic N) is 1. The van der Waals surface area contributed by atoms with Crippen molar-refractivity contribution in [2.45, 2.75) is 39.5 Å². The molecule has 0 N–H and O–H groups in total. The van der Waals surface area contributed by atoms with Crippen LogP contribution in [-0.4, -0.2) is 0 Å². The van der Waals surface area contributed by atoms with Gasteiger partial charge in [0.25, 0.3) is 0 Å². The number of fused-ring (bicyclic) bond motifs is 2. The second-order valence-corrected chi connectivity index (χ2v) is 5.06. The van der Waals surface area contributed by atoms with Gasteiger partial charge in [-0.2, -0.15) is 5.26 Å². The van der Waals surface area contributed by atoms with Crippen LogP contribution in [-0.2, 0) is 0 Å². The van der Waals surface area contributed by atoms with Crippen molar-refractivity contribution in [3.63, 3.8) is 0 Å². The van der Waals surface area contributed by atoms with Crippen LogP contribution in [0.3, 0.4) is 0 Å². The minimum atomic E-state index is 0.555. The van der Waals surface area contributed by atoms with Crippen molar-refractivity contribution in [1.29, 1.82) is 5.26 Å². The van der Waals surface area contributed by atoms with Gasteiger partial charge in [-0.25, -0.2) is 0 Å². The Hall–Kier alpha value is -0.510. The molecule has 1 heteroatoms. The first-order valence-electron chi connectivity index (χ1n) is 5.03. The Bertz CT molecular complexity index is 222. The van der Waals surface area contributed by atoms with Crippen LogP contribution < -0.4 is 0 Å². The highest BCUT2D eigenvalue weighted by atomic mass is 14.6. The van der Waals surface area contributed by atoms with Crippen LogP contribution in [0, 0.1) is 34.5 Å². The smallest absolute Gasteiger partial charge is 0.0624 e. The van der Waals surface area contributed by atoms with Crippen molar-refractivity contribution in [3.05, 3.63) is 0 Å². The van der Waals surface area contributed by atoms with Gasteiger partial charge in [0, 0.05) is 6.42 Å². The van der Waals surface area contributed by atoms with Gasteiger partial charge in [0.15, 0.2) is 0 Å². The highest BCUT2D eigenvalue weighted by Crippen LogP contribution is 2.61. The van der Waals surface area contributed by atoms with Gasteiger partial charge in [-0.3, -0.25) is 0 Å². The summed E-state index contributed by atoms with van der Waals surface area (Å²) in [5.41, 5.74) is 0.555. The van der Waals surface area contributed by atoms with Crippen molar-refractivity contribution in [2.75, 3.05) is 0 Å². The van der Waals surface area contributed by atoms with Gasteiger partial charge in [0.2, 0.25) is 0 Å². The molecule has 2 bridgehead atoms. The van der Waals surface area contributed by atoms with Crippen LogP contribution >= 0.6 is 0 Å². The van der Waals surface area contributed by atoms with E-state index in [1.165, 1.54) is 19.3 Å². The zero-order chi connectivity index (χ0) is 8.77. The molecule has 0 unspecified atom stereocenters. The van der Waals surface area contributed by atoms with E-state index < -0.39 is 0 Å². The molecule has 0 aromatic carbocycles. The third-order valence-corrected chi connectivity index (χ3v) is 4.35. The Balaban J connectivity index is 2.07. The zero-order valence-electron chi connectivity index (χ0n) is 8.01. The predicted molar refractivity (Wildman–Crippen MR) is 48.3 cm³/mol. The van der Waals surface area contributed by atoms with E-state index >= 15 is 0 Å². The highest BCUT2D eigenvalue weighted by Gasteiger charge is 2.53. The normalized spacial score (nSPS) is 42.9. The molecule has 3 rings (SSSR count). The molecule has 0 aromatic heterocycles. The van der Waals surface area contributed by atoms with Crippen LogP contribution in [0.15, 0.2) is 0 Å². The molecule has 0 heterocycles. The average Bonchev–Trinajstić information content (AvgIpc) is 2.05. The van der Waals surface area contributed by atoms with Crippen molar-refractivity contribution < 1.29 is 0 Å². The lowest BCUT2D eigenvalue weighted by atomic mass is 9.45. The third-order valence-electron chi connectivity index (χ3n) is 4.35. The number of hydrogen-bond donors (Lipinski definition) is 0. The van der Waals surface area contributed by atoms with E-state index in [0.29, 0.717) is 5.41 Å². The van der Waals surface area contributed by atoms with Gasteiger partial charge in [0.1, 0.15) is 0 Å². The molecule has 0 radical (unpaired) electrons. The molecule has 0 aromatic rings. The highest BCUT2D eigenvalue weighted by molar-refractivity contribution is 5.04. The van der Waals surface area contributed by atoms with Gasteiger partial charge < -0.3 is 0 Å². The Kier molecular flexibility index (Phi) is 1.68. The number of hydrogen-bond acceptors (Lipinski definition) is 1. The van der Waals surface area contributed by atoms with Crippen LogP contribution in [0.1, 0.15) is 39.5 Å². The standard InChI is InChI=1S/C11H17N/c1-11(2)9-4-3-8(5-6-12)10(11)7-9/h8-10H,3-5,7H2,1-2H3/t8-,9-,10-/m0/s1. The molecule has 0 spiro atoms. The maximum absolute atomic E-state index is 8.67. The summed E-state index contributed by atoms with van der Waals surface area (Å²) in [7, 11) is 0. The summed E-state index contributed by atoms with van der Waals surface area (Å²) in [4.78, 5) is 0. The van der Waals surface area contributed by atoms with Gasteiger partial charge in [-0.15, -0.1) is 0 Å². The molecule has 3 atom stereocenters. The molecule has 0 aliphatic heterocycles. The molecule has 0 saturated heterocycles. The SMILES string of the molecule is CC1(C)[C@H]2CC[C@@H](CC#N)[C@@H]1C2. The first-order chi connectivity index (χ1) is 5.66. The Labute approximate surface area is 74.8 Å². The fourth-order valence-corrected chi connectivity index (χ4v) is 3.32. The lowest BCUT2D eigenvalue weighted by Gasteiger charge is -2.60. The first-order valence-corrected chi connectivity index (χ1v) is 5.03. The Morgan fingerprint density at radius 2 is 2.17 bits per heavy atom. The minimum absolute atomic E-state index is 0.555. The molecule has 12 heavy (non-hydrogen) atoms. The van der Waals surface area contributed by atoms with E-state index in [1.54, 1.807) is 0 Å². The summed E-state index contributed by atoms with van der Waals surface area (Å²) in [5.74, 6) is 2.54. The quantitative estimate of drug-likeness (QED) is 0.583. The molecule has 3 aliphatic carbocycles. The van der Waals surface area contributed by atoms with E-state index in [9.17, 15) is 0 Å². The fraction of sp³-hybridized carbons (Fsp3) is 0.909. The molecule has 3 fully saturated rings. The second kappa shape index (κ2) is 2.49. The maximum Gasteiger partial charge on any atom is 0.0624 e. The maximum atomic E-state index is 8.67. The molecular formula is C11H17N. The monoisotopic (exact) mass is 163 g/mol. The summed E-state index contributed by atoms with van der Waals surface area (Å²) in [6, 6.07) is 2.33. The van der Waals surface area contributed by atoms with Crippen LogP contribution in [0.5, 0.6) is 0 Å². The summed E-state index contributed by atoms with van der Waals surface area (Å²) in [6.45, 7) is 4.77. The van der Waals surface area contributed by atoms with Gasteiger partial charge in [-0.1, -0.05) is 13.8 Å². The van der Waals surface area contributed by atoms with Crippen molar-refractivity contribution in [3.8, 4) is 6.07 Å². The number of rotatable bonds is 1. The second-order valence-electron chi connectivity index (χ2n) is 5.06. The Morgan fingerprint density at radius 3 is 2.67 bits per heavy atom. The summed E-state index contributed by atoms with van der Waals surface area (Å²) in [5, 5.41) is 8.67. The summed E-state index contributed by atoms with van der Waals surface area (Å²) in [6.07, 6.45) is 4.88. The van der Waals surface area contributed by atoms with E-state index in [-0.39, 0.29) is 0 Å². The summed E-state index contributed by atoms with van der Waals surface area (Å²) >= 11 is 0. The molecule has 3 aliphatic rings. The molecule has 66 valence electrons. The first kappa shape index (κ1) is 8.10. The molecule has 1 nitrogen and oxygen atoms in total. The molecule has 0 amide bonds. The van der Waals surface area contributed by atoms with Gasteiger partial charge in [0.05, 0.1) is 6.07 Å². The van der Waals surface area contributed by atoms with Crippen LogP contribution in [0.2, 0.25) is 0 Å². The van der Waals surface area contributed by atoms with Crippen LogP contribution in [0.4, 0.5) is 0 Å². The van der Waals surface area contributed by atoms with Gasteiger partial charge in [-0.05, 0) is 42.4 Å². The predicted octanol–water partition coefficient (Wildman–Crippen LogP) is 2.97.